The monoisotopic (exact) mass is 503 g/mol. The maximum atomic E-state index is 13.6. The molecule has 0 spiro atoms. The van der Waals surface area contributed by atoms with Gasteiger partial charge in [0.2, 0.25) is 5.91 Å². The van der Waals surface area contributed by atoms with Crippen molar-refractivity contribution in [2.24, 2.45) is 0 Å². The predicted octanol–water partition coefficient (Wildman–Crippen LogP) is 5.18. The van der Waals surface area contributed by atoms with E-state index >= 15 is 0 Å². The van der Waals surface area contributed by atoms with Crippen LogP contribution in [0.25, 0.3) is 10.9 Å². The van der Waals surface area contributed by atoms with Crippen LogP contribution in [-0.2, 0) is 22.5 Å². The van der Waals surface area contributed by atoms with Crippen molar-refractivity contribution in [3.63, 3.8) is 0 Å². The number of amides is 2. The molecule has 0 aliphatic rings. The Balaban J connectivity index is 1.53. The number of methoxy groups -OCH3 is 1. The number of fused-ring (bicyclic) bond motifs is 1. The molecule has 0 aliphatic carbocycles. The summed E-state index contributed by atoms with van der Waals surface area (Å²) in [6.07, 6.45) is 2.70. The van der Waals surface area contributed by atoms with Crippen molar-refractivity contribution in [2.45, 2.75) is 13.0 Å². The Morgan fingerprint density at radius 2 is 1.69 bits per heavy atom. The molecule has 3 aromatic carbocycles. The lowest BCUT2D eigenvalue weighted by Crippen LogP contribution is -2.44. The number of benzene rings is 3. The third-order valence-electron chi connectivity index (χ3n) is 6.15. The number of carbonyl (C=O) groups is 2. The van der Waals surface area contributed by atoms with Gasteiger partial charge < -0.3 is 19.5 Å². The number of ether oxygens (including phenoxy) is 1. The van der Waals surface area contributed by atoms with Crippen molar-refractivity contribution in [3.05, 3.63) is 107 Å². The molecule has 4 aromatic rings. The molecule has 0 unspecified atom stereocenters. The van der Waals surface area contributed by atoms with E-state index in [9.17, 15) is 9.59 Å². The minimum atomic E-state index is -0.251. The van der Waals surface area contributed by atoms with Crippen LogP contribution >= 0.6 is 11.6 Å². The Labute approximate surface area is 216 Å². The SMILES string of the molecule is COCCN(CC(=O)N(CCc1c[nH]c2ccccc12)Cc1ccccc1)C(=O)c1cccc(Cl)c1. The van der Waals surface area contributed by atoms with Gasteiger partial charge in [-0.25, -0.2) is 0 Å². The molecular formula is C29H30ClN3O3. The fraction of sp³-hybridized carbons (Fsp3) is 0.241. The molecule has 0 saturated carbocycles. The van der Waals surface area contributed by atoms with Gasteiger partial charge in [-0.15, -0.1) is 0 Å². The largest absolute Gasteiger partial charge is 0.383 e. The maximum absolute atomic E-state index is 13.6. The predicted molar refractivity (Wildman–Crippen MR) is 143 cm³/mol. The Morgan fingerprint density at radius 3 is 2.47 bits per heavy atom. The van der Waals surface area contributed by atoms with E-state index in [1.165, 1.54) is 4.90 Å². The third-order valence-corrected chi connectivity index (χ3v) is 6.38. The van der Waals surface area contributed by atoms with E-state index in [4.69, 9.17) is 16.3 Å². The summed E-state index contributed by atoms with van der Waals surface area (Å²) < 4.78 is 5.21. The smallest absolute Gasteiger partial charge is 0.254 e. The van der Waals surface area contributed by atoms with E-state index < -0.39 is 0 Å². The number of aromatic amines is 1. The highest BCUT2D eigenvalue weighted by molar-refractivity contribution is 6.31. The highest BCUT2D eigenvalue weighted by atomic mass is 35.5. The summed E-state index contributed by atoms with van der Waals surface area (Å²) >= 11 is 6.10. The van der Waals surface area contributed by atoms with Crippen LogP contribution in [-0.4, -0.2) is 59.9 Å². The van der Waals surface area contributed by atoms with Crippen LogP contribution < -0.4 is 0 Å². The zero-order chi connectivity index (χ0) is 25.3. The highest BCUT2D eigenvalue weighted by Gasteiger charge is 2.23. The lowest BCUT2D eigenvalue weighted by molar-refractivity contribution is -0.132. The molecule has 186 valence electrons. The van der Waals surface area contributed by atoms with Gasteiger partial charge in [0.05, 0.1) is 6.61 Å². The molecule has 0 bridgehead atoms. The molecule has 2 amide bonds. The fourth-order valence-corrected chi connectivity index (χ4v) is 4.40. The third kappa shape index (κ3) is 6.53. The first-order chi connectivity index (χ1) is 17.5. The van der Waals surface area contributed by atoms with Gasteiger partial charge in [-0.2, -0.15) is 0 Å². The number of halogens is 1. The lowest BCUT2D eigenvalue weighted by Gasteiger charge is -2.28. The van der Waals surface area contributed by atoms with Gasteiger partial charge in [0, 0.05) is 54.4 Å². The topological polar surface area (TPSA) is 65.6 Å². The first-order valence-corrected chi connectivity index (χ1v) is 12.3. The maximum Gasteiger partial charge on any atom is 0.254 e. The molecular weight excluding hydrogens is 474 g/mol. The van der Waals surface area contributed by atoms with E-state index in [2.05, 4.69) is 11.1 Å². The summed E-state index contributed by atoms with van der Waals surface area (Å²) in [5, 5.41) is 1.63. The van der Waals surface area contributed by atoms with Gasteiger partial charge in [0.15, 0.2) is 0 Å². The average Bonchev–Trinajstić information content (AvgIpc) is 3.32. The van der Waals surface area contributed by atoms with Crippen LogP contribution in [0.2, 0.25) is 5.02 Å². The fourth-order valence-electron chi connectivity index (χ4n) is 4.21. The van der Waals surface area contributed by atoms with E-state index in [0.717, 1.165) is 22.0 Å². The number of hydrogen-bond acceptors (Lipinski definition) is 3. The molecule has 0 aliphatic heterocycles. The Bertz CT molecular complexity index is 1310. The van der Waals surface area contributed by atoms with Crippen LogP contribution in [0, 0.1) is 0 Å². The van der Waals surface area contributed by atoms with Crippen molar-refractivity contribution in [2.75, 3.05) is 33.4 Å². The van der Waals surface area contributed by atoms with Gasteiger partial charge >= 0.3 is 0 Å². The number of nitrogens with zero attached hydrogens (tertiary/aromatic N) is 2. The Hall–Kier alpha value is -3.61. The minimum absolute atomic E-state index is 0.0462. The van der Waals surface area contributed by atoms with Crippen LogP contribution in [0.3, 0.4) is 0 Å². The Morgan fingerprint density at radius 1 is 0.917 bits per heavy atom. The number of carbonyl (C=O) groups excluding carboxylic acids is 2. The van der Waals surface area contributed by atoms with Gasteiger partial charge in [-0.3, -0.25) is 9.59 Å². The van der Waals surface area contributed by atoms with Crippen molar-refractivity contribution < 1.29 is 14.3 Å². The standard InChI is InChI=1S/C29H30ClN3O3/c1-36-17-16-33(29(35)23-10-7-11-25(30)18-23)21-28(34)32(20-22-8-3-2-4-9-22)15-14-24-19-31-27-13-6-5-12-26(24)27/h2-13,18-19,31H,14-17,20-21H2,1H3. The Kier molecular flexibility index (Phi) is 8.76. The van der Waals surface area contributed by atoms with Crippen molar-refractivity contribution in [3.8, 4) is 0 Å². The van der Waals surface area contributed by atoms with Crippen LogP contribution in [0.15, 0.2) is 85.1 Å². The van der Waals surface area contributed by atoms with Crippen LogP contribution in [0.1, 0.15) is 21.5 Å². The lowest BCUT2D eigenvalue weighted by atomic mass is 10.1. The number of H-pyrrole nitrogens is 1. The number of rotatable bonds is 11. The normalized spacial score (nSPS) is 10.9. The number of nitrogens with one attached hydrogen (secondary N) is 1. The summed E-state index contributed by atoms with van der Waals surface area (Å²) in [5.74, 6) is -0.371. The second-order valence-corrected chi connectivity index (χ2v) is 9.08. The van der Waals surface area contributed by atoms with Crippen molar-refractivity contribution in [1.82, 2.24) is 14.8 Å². The van der Waals surface area contributed by atoms with E-state index in [0.29, 0.717) is 43.2 Å². The zero-order valence-corrected chi connectivity index (χ0v) is 21.1. The average molecular weight is 504 g/mol. The van der Waals surface area contributed by atoms with Gasteiger partial charge in [0.25, 0.3) is 5.91 Å². The first kappa shape index (κ1) is 25.5. The molecule has 0 fully saturated rings. The van der Waals surface area contributed by atoms with Gasteiger partial charge in [-0.1, -0.05) is 66.2 Å². The molecule has 0 radical (unpaired) electrons. The van der Waals surface area contributed by atoms with Crippen molar-refractivity contribution in [1.29, 1.82) is 0 Å². The van der Waals surface area contributed by atoms with E-state index in [1.54, 1.807) is 31.4 Å². The van der Waals surface area contributed by atoms with Gasteiger partial charge in [-0.05, 0) is 41.8 Å². The van der Waals surface area contributed by atoms with Gasteiger partial charge in [0.1, 0.15) is 6.54 Å². The number of aromatic nitrogens is 1. The summed E-state index contributed by atoms with van der Waals surface area (Å²) in [6.45, 7) is 1.57. The van der Waals surface area contributed by atoms with E-state index in [-0.39, 0.29) is 18.4 Å². The molecule has 0 saturated heterocycles. The molecule has 36 heavy (non-hydrogen) atoms. The quantitative estimate of drug-likeness (QED) is 0.306. The van der Waals surface area contributed by atoms with Crippen LogP contribution in [0.5, 0.6) is 0 Å². The molecule has 1 aromatic heterocycles. The summed E-state index contributed by atoms with van der Waals surface area (Å²) in [6, 6.07) is 24.8. The summed E-state index contributed by atoms with van der Waals surface area (Å²) in [7, 11) is 1.58. The molecule has 6 nitrogen and oxygen atoms in total. The number of hydrogen-bond donors (Lipinski definition) is 1. The second-order valence-electron chi connectivity index (χ2n) is 8.64. The molecule has 1 heterocycles. The summed E-state index contributed by atoms with van der Waals surface area (Å²) in [5.41, 5.74) is 3.71. The first-order valence-electron chi connectivity index (χ1n) is 12.0. The molecule has 4 rings (SSSR count). The highest BCUT2D eigenvalue weighted by Crippen LogP contribution is 2.19. The minimum Gasteiger partial charge on any atom is -0.383 e. The van der Waals surface area contributed by atoms with Crippen LogP contribution in [0.4, 0.5) is 0 Å². The molecule has 7 heteroatoms. The summed E-state index contributed by atoms with van der Waals surface area (Å²) in [4.78, 5) is 33.5. The second kappa shape index (κ2) is 12.4. The van der Waals surface area contributed by atoms with E-state index in [1.807, 2.05) is 59.6 Å². The molecule has 1 N–H and O–H groups in total. The molecule has 0 atom stereocenters. The zero-order valence-electron chi connectivity index (χ0n) is 20.3. The number of para-hydroxylation sites is 1. The van der Waals surface area contributed by atoms with Crippen molar-refractivity contribution >= 4 is 34.3 Å².